The van der Waals surface area contributed by atoms with Gasteiger partial charge in [0.05, 0.1) is 0 Å². The van der Waals surface area contributed by atoms with E-state index in [-0.39, 0.29) is 0 Å². The van der Waals surface area contributed by atoms with E-state index < -0.39 is 0 Å². The number of nitrogens with one attached hydrogen (secondary N) is 2. The summed E-state index contributed by atoms with van der Waals surface area (Å²) in [6, 6.07) is 2.22. The highest BCUT2D eigenvalue weighted by Crippen LogP contribution is 2.20. The van der Waals surface area contributed by atoms with E-state index in [9.17, 15) is 0 Å². The van der Waals surface area contributed by atoms with Crippen molar-refractivity contribution in [2.45, 2.75) is 33.4 Å². The zero-order valence-electron chi connectivity index (χ0n) is 10.8. The molecular formula is C12H17N5O. The fourth-order valence-corrected chi connectivity index (χ4v) is 1.42. The van der Waals surface area contributed by atoms with Crippen LogP contribution in [0.25, 0.3) is 0 Å². The van der Waals surface area contributed by atoms with Crippen LogP contribution in [-0.2, 0) is 6.54 Å². The normalized spacial score (nSPS) is 10.9. The Morgan fingerprint density at radius 1 is 1.44 bits per heavy atom. The number of hydrogen-bond acceptors (Lipinski definition) is 5. The molecule has 0 aliphatic carbocycles. The molecule has 0 amide bonds. The van der Waals surface area contributed by atoms with Gasteiger partial charge >= 0.3 is 0 Å². The summed E-state index contributed by atoms with van der Waals surface area (Å²) in [5, 5.41) is 10.1. The molecule has 0 aliphatic heterocycles. The van der Waals surface area contributed by atoms with Gasteiger partial charge in [0, 0.05) is 36.1 Å². The number of nitrogens with zero attached hydrogens (tertiary/aromatic N) is 3. The summed E-state index contributed by atoms with van der Waals surface area (Å²) in [7, 11) is 0. The predicted molar refractivity (Wildman–Crippen MR) is 67.4 cm³/mol. The van der Waals surface area contributed by atoms with E-state index in [2.05, 4.69) is 39.3 Å². The molecule has 6 nitrogen and oxygen atoms in total. The molecule has 0 radical (unpaired) electrons. The van der Waals surface area contributed by atoms with Crippen LogP contribution in [-0.4, -0.2) is 26.2 Å². The Kier molecular flexibility index (Phi) is 3.88. The van der Waals surface area contributed by atoms with E-state index >= 15 is 0 Å². The third kappa shape index (κ3) is 3.27. The SMILES string of the molecule is Cc1cc(Oc2ncncc2CNC(C)C)n[nH]1. The highest BCUT2D eigenvalue weighted by molar-refractivity contribution is 5.27. The topological polar surface area (TPSA) is 75.7 Å². The first kappa shape index (κ1) is 12.5. The van der Waals surface area contributed by atoms with E-state index in [1.54, 1.807) is 6.20 Å². The van der Waals surface area contributed by atoms with Gasteiger partial charge in [-0.2, -0.15) is 0 Å². The van der Waals surface area contributed by atoms with Crippen molar-refractivity contribution in [3.63, 3.8) is 0 Å². The Balaban J connectivity index is 2.11. The minimum Gasteiger partial charge on any atom is -0.419 e. The lowest BCUT2D eigenvalue weighted by atomic mass is 10.3. The summed E-state index contributed by atoms with van der Waals surface area (Å²) >= 11 is 0. The number of H-pyrrole nitrogens is 1. The molecule has 0 unspecified atom stereocenters. The lowest BCUT2D eigenvalue weighted by Crippen LogP contribution is -2.22. The van der Waals surface area contributed by atoms with Gasteiger partial charge in [0.1, 0.15) is 6.33 Å². The maximum Gasteiger partial charge on any atom is 0.240 e. The molecule has 0 aliphatic rings. The Morgan fingerprint density at radius 2 is 2.28 bits per heavy atom. The van der Waals surface area contributed by atoms with E-state index in [1.165, 1.54) is 6.33 Å². The smallest absolute Gasteiger partial charge is 0.240 e. The molecule has 0 saturated carbocycles. The third-order valence-corrected chi connectivity index (χ3v) is 2.33. The number of hydrogen-bond donors (Lipinski definition) is 2. The van der Waals surface area contributed by atoms with Crippen molar-refractivity contribution in [3.8, 4) is 11.8 Å². The summed E-state index contributed by atoms with van der Waals surface area (Å²) in [6.45, 7) is 6.75. The van der Waals surface area contributed by atoms with Crippen LogP contribution in [0.2, 0.25) is 0 Å². The van der Waals surface area contributed by atoms with Crippen molar-refractivity contribution in [1.29, 1.82) is 0 Å². The largest absolute Gasteiger partial charge is 0.419 e. The molecule has 0 fully saturated rings. The summed E-state index contributed by atoms with van der Waals surface area (Å²) in [4.78, 5) is 8.14. The predicted octanol–water partition coefficient (Wildman–Crippen LogP) is 1.80. The van der Waals surface area contributed by atoms with Gasteiger partial charge in [-0.25, -0.2) is 9.97 Å². The fraction of sp³-hybridized carbons (Fsp3) is 0.417. The maximum atomic E-state index is 5.63. The summed E-state index contributed by atoms with van der Waals surface area (Å²) in [5.74, 6) is 1.04. The number of rotatable bonds is 5. The minimum atomic E-state index is 0.394. The number of aryl methyl sites for hydroxylation is 1. The molecular weight excluding hydrogens is 230 g/mol. The Labute approximate surface area is 106 Å². The first-order valence-electron chi connectivity index (χ1n) is 5.87. The van der Waals surface area contributed by atoms with E-state index in [1.807, 2.05) is 13.0 Å². The van der Waals surface area contributed by atoms with E-state index in [0.29, 0.717) is 24.3 Å². The van der Waals surface area contributed by atoms with Crippen molar-refractivity contribution >= 4 is 0 Å². The first-order valence-corrected chi connectivity index (χ1v) is 5.87. The zero-order valence-corrected chi connectivity index (χ0v) is 10.8. The second kappa shape index (κ2) is 5.59. The first-order chi connectivity index (χ1) is 8.65. The Bertz CT molecular complexity index is 509. The van der Waals surface area contributed by atoms with Crippen molar-refractivity contribution in [3.05, 3.63) is 29.8 Å². The van der Waals surface area contributed by atoms with Crippen LogP contribution in [0.4, 0.5) is 0 Å². The lowest BCUT2D eigenvalue weighted by molar-refractivity contribution is 0.431. The summed E-state index contributed by atoms with van der Waals surface area (Å²) in [6.07, 6.45) is 3.21. The second-order valence-corrected chi connectivity index (χ2v) is 4.38. The molecule has 0 spiro atoms. The van der Waals surface area contributed by atoms with Crippen LogP contribution >= 0.6 is 0 Å². The van der Waals surface area contributed by atoms with Gasteiger partial charge < -0.3 is 10.1 Å². The van der Waals surface area contributed by atoms with Crippen molar-refractivity contribution < 1.29 is 4.74 Å². The number of ether oxygens (including phenoxy) is 1. The summed E-state index contributed by atoms with van der Waals surface area (Å²) in [5.41, 5.74) is 1.85. The molecule has 0 bridgehead atoms. The van der Waals surface area contributed by atoms with Gasteiger partial charge in [-0.15, -0.1) is 5.10 Å². The van der Waals surface area contributed by atoms with Gasteiger partial charge in [0.2, 0.25) is 11.8 Å². The van der Waals surface area contributed by atoms with Gasteiger partial charge in [0.15, 0.2) is 0 Å². The van der Waals surface area contributed by atoms with Gasteiger partial charge in [0.25, 0.3) is 0 Å². The molecule has 18 heavy (non-hydrogen) atoms. The zero-order chi connectivity index (χ0) is 13.0. The standard InChI is InChI=1S/C12H17N5O/c1-8(2)14-6-10-5-13-7-15-12(10)18-11-4-9(3)16-17-11/h4-5,7-8,14H,6H2,1-3H3,(H,16,17). The molecule has 96 valence electrons. The van der Waals surface area contributed by atoms with Gasteiger partial charge in [-0.1, -0.05) is 13.8 Å². The van der Waals surface area contributed by atoms with E-state index in [4.69, 9.17) is 4.74 Å². The van der Waals surface area contributed by atoms with E-state index in [0.717, 1.165) is 11.3 Å². The van der Waals surface area contributed by atoms with Crippen molar-refractivity contribution in [2.24, 2.45) is 0 Å². The highest BCUT2D eigenvalue weighted by atomic mass is 16.5. The summed E-state index contributed by atoms with van der Waals surface area (Å²) < 4.78 is 5.63. The van der Waals surface area contributed by atoms with Crippen molar-refractivity contribution in [2.75, 3.05) is 0 Å². The van der Waals surface area contributed by atoms with Gasteiger partial charge in [-0.3, -0.25) is 5.10 Å². The Morgan fingerprint density at radius 3 is 2.94 bits per heavy atom. The molecule has 6 heteroatoms. The van der Waals surface area contributed by atoms with Crippen LogP contribution in [0, 0.1) is 6.92 Å². The maximum absolute atomic E-state index is 5.63. The van der Waals surface area contributed by atoms with Crippen molar-refractivity contribution in [1.82, 2.24) is 25.5 Å². The Hall–Kier alpha value is -1.95. The van der Waals surface area contributed by atoms with Crippen LogP contribution in [0.1, 0.15) is 25.1 Å². The van der Waals surface area contributed by atoms with Crippen LogP contribution in [0.3, 0.4) is 0 Å². The quantitative estimate of drug-likeness (QED) is 0.842. The molecule has 0 atom stereocenters. The highest BCUT2D eigenvalue weighted by Gasteiger charge is 2.08. The average molecular weight is 247 g/mol. The third-order valence-electron chi connectivity index (χ3n) is 2.33. The fourth-order valence-electron chi connectivity index (χ4n) is 1.42. The molecule has 2 aromatic rings. The number of aromatic nitrogens is 4. The van der Waals surface area contributed by atoms with Crippen LogP contribution in [0.5, 0.6) is 11.8 Å². The van der Waals surface area contributed by atoms with Crippen LogP contribution in [0.15, 0.2) is 18.6 Å². The molecule has 2 rings (SSSR count). The van der Waals surface area contributed by atoms with Crippen LogP contribution < -0.4 is 10.1 Å². The molecule has 0 saturated heterocycles. The molecule has 2 aromatic heterocycles. The monoisotopic (exact) mass is 247 g/mol. The minimum absolute atomic E-state index is 0.394. The number of aromatic amines is 1. The molecule has 2 N–H and O–H groups in total. The molecule has 0 aromatic carbocycles. The second-order valence-electron chi connectivity index (χ2n) is 4.38. The average Bonchev–Trinajstić information content (AvgIpc) is 2.73. The molecule has 2 heterocycles. The lowest BCUT2D eigenvalue weighted by Gasteiger charge is -2.10. The van der Waals surface area contributed by atoms with Gasteiger partial charge in [-0.05, 0) is 6.92 Å².